The molecule has 8 nitrogen and oxygen atoms in total. The maximum absolute atomic E-state index is 12.8. The molecule has 0 radical (unpaired) electrons. The molecule has 0 atom stereocenters. The summed E-state index contributed by atoms with van der Waals surface area (Å²) in [7, 11) is 0. The van der Waals surface area contributed by atoms with Crippen LogP contribution in [0.4, 0.5) is 11.4 Å². The summed E-state index contributed by atoms with van der Waals surface area (Å²) in [6.07, 6.45) is 1.48. The fraction of sp³-hybridized carbons (Fsp3) is 0.185. The highest BCUT2D eigenvalue weighted by Crippen LogP contribution is 2.35. The molecule has 0 saturated carbocycles. The highest BCUT2D eigenvalue weighted by Gasteiger charge is 2.15. The van der Waals surface area contributed by atoms with E-state index in [9.17, 15) is 20.2 Å². The first kappa shape index (κ1) is 26.4. The van der Waals surface area contributed by atoms with Crippen molar-refractivity contribution in [3.05, 3.63) is 97.0 Å². The number of nitro groups is 1. The lowest BCUT2D eigenvalue weighted by Gasteiger charge is -2.14. The minimum atomic E-state index is -0.519. The number of benzene rings is 3. The second-order valence-corrected chi connectivity index (χ2v) is 8.69. The lowest BCUT2D eigenvalue weighted by atomic mass is 10.1. The second kappa shape index (κ2) is 12.0. The fourth-order valence-corrected chi connectivity index (χ4v) is 3.73. The van der Waals surface area contributed by atoms with E-state index in [0.717, 1.165) is 16.7 Å². The Bertz CT molecular complexity index is 1360. The largest absolute Gasteiger partial charge is 0.490 e. The van der Waals surface area contributed by atoms with Crippen LogP contribution in [0.25, 0.3) is 6.08 Å². The molecule has 0 aliphatic heterocycles. The third kappa shape index (κ3) is 6.49. The van der Waals surface area contributed by atoms with E-state index in [4.69, 9.17) is 9.47 Å². The summed E-state index contributed by atoms with van der Waals surface area (Å²) < 4.78 is 12.2. The van der Waals surface area contributed by atoms with Crippen molar-refractivity contribution in [3.8, 4) is 17.6 Å². The Morgan fingerprint density at radius 1 is 1.14 bits per heavy atom. The van der Waals surface area contributed by atoms with Gasteiger partial charge in [0.2, 0.25) is 0 Å². The van der Waals surface area contributed by atoms with Crippen molar-refractivity contribution < 1.29 is 19.2 Å². The van der Waals surface area contributed by atoms with Gasteiger partial charge in [-0.25, -0.2) is 0 Å². The SMILES string of the molecule is CCOc1cc(/C=C(\C#N)C(=O)Nc2cccc(C)c2C)c(Br)cc1OCc1ccc([N+](=O)[O-])cc1. The van der Waals surface area contributed by atoms with Gasteiger partial charge in [0.25, 0.3) is 11.6 Å². The molecule has 3 aromatic carbocycles. The topological polar surface area (TPSA) is 114 Å². The molecule has 0 aromatic heterocycles. The van der Waals surface area contributed by atoms with Gasteiger partial charge in [-0.15, -0.1) is 0 Å². The maximum atomic E-state index is 12.8. The van der Waals surface area contributed by atoms with Gasteiger partial charge >= 0.3 is 0 Å². The van der Waals surface area contributed by atoms with E-state index in [0.29, 0.717) is 33.8 Å². The lowest BCUT2D eigenvalue weighted by Crippen LogP contribution is -2.14. The first-order valence-corrected chi connectivity index (χ1v) is 11.8. The van der Waals surface area contributed by atoms with E-state index in [1.54, 1.807) is 30.3 Å². The molecule has 0 fully saturated rings. The molecule has 0 saturated heterocycles. The number of hydrogen-bond donors (Lipinski definition) is 1. The summed E-state index contributed by atoms with van der Waals surface area (Å²) in [6, 6.07) is 17.0. The molecule has 0 bridgehead atoms. The summed E-state index contributed by atoms with van der Waals surface area (Å²) in [5, 5.41) is 23.3. The predicted molar refractivity (Wildman–Crippen MR) is 141 cm³/mol. The van der Waals surface area contributed by atoms with Crippen molar-refractivity contribution in [3.63, 3.8) is 0 Å². The van der Waals surface area contributed by atoms with Crippen LogP contribution in [0.15, 0.2) is 64.6 Å². The Morgan fingerprint density at radius 3 is 2.47 bits per heavy atom. The minimum absolute atomic E-state index is 0.00235. The number of nitrogens with one attached hydrogen (secondary N) is 1. The molecule has 9 heteroatoms. The quantitative estimate of drug-likeness (QED) is 0.141. The number of ether oxygens (including phenoxy) is 2. The zero-order valence-corrected chi connectivity index (χ0v) is 21.6. The molecular formula is C27H24BrN3O5. The average Bonchev–Trinajstić information content (AvgIpc) is 2.86. The third-order valence-electron chi connectivity index (χ3n) is 5.42. The average molecular weight is 550 g/mol. The third-order valence-corrected chi connectivity index (χ3v) is 6.11. The molecule has 0 spiro atoms. The second-order valence-electron chi connectivity index (χ2n) is 7.84. The van der Waals surface area contributed by atoms with Gasteiger partial charge in [0.1, 0.15) is 18.2 Å². The van der Waals surface area contributed by atoms with E-state index < -0.39 is 10.8 Å². The zero-order chi connectivity index (χ0) is 26.2. The smallest absolute Gasteiger partial charge is 0.269 e. The number of rotatable bonds is 9. The van der Waals surface area contributed by atoms with Crippen molar-refractivity contribution in [2.24, 2.45) is 0 Å². The molecule has 36 heavy (non-hydrogen) atoms. The van der Waals surface area contributed by atoms with Crippen LogP contribution in [-0.4, -0.2) is 17.4 Å². The standard InChI is InChI=1S/C27H24BrN3O5/c1-4-35-25-13-20(12-21(15-29)27(32)30-24-7-5-6-17(2)18(24)3)23(28)14-26(25)36-16-19-8-10-22(11-9-19)31(33)34/h5-14H,4,16H2,1-3H3,(H,30,32)/b21-12+. The van der Waals surface area contributed by atoms with E-state index in [-0.39, 0.29) is 17.9 Å². The van der Waals surface area contributed by atoms with Gasteiger partial charge in [-0.1, -0.05) is 28.1 Å². The number of non-ortho nitro benzene ring substituents is 1. The van der Waals surface area contributed by atoms with Crippen molar-refractivity contribution in [1.29, 1.82) is 5.26 Å². The fourth-order valence-electron chi connectivity index (χ4n) is 3.30. The molecule has 0 aliphatic rings. The Labute approximate surface area is 217 Å². The normalized spacial score (nSPS) is 10.9. The van der Waals surface area contributed by atoms with Gasteiger partial charge in [0, 0.05) is 22.3 Å². The minimum Gasteiger partial charge on any atom is -0.490 e. The number of amides is 1. The monoisotopic (exact) mass is 549 g/mol. The number of carbonyl (C=O) groups excluding carboxylic acids is 1. The van der Waals surface area contributed by atoms with Gasteiger partial charge in [-0.05, 0) is 79.4 Å². The molecule has 0 aliphatic carbocycles. The summed E-state index contributed by atoms with van der Waals surface area (Å²) >= 11 is 3.48. The molecule has 3 aromatic rings. The number of carbonyl (C=O) groups is 1. The number of halogens is 1. The first-order chi connectivity index (χ1) is 17.2. The number of anilines is 1. The van der Waals surface area contributed by atoms with Gasteiger partial charge in [0.15, 0.2) is 11.5 Å². The van der Waals surface area contributed by atoms with Crippen molar-refractivity contribution in [1.82, 2.24) is 0 Å². The zero-order valence-electron chi connectivity index (χ0n) is 20.0. The van der Waals surface area contributed by atoms with Crippen molar-refractivity contribution in [2.45, 2.75) is 27.4 Å². The van der Waals surface area contributed by atoms with Gasteiger partial charge in [-0.3, -0.25) is 14.9 Å². The Kier molecular flexibility index (Phi) is 8.81. The number of nitrogens with zero attached hydrogens (tertiary/aromatic N) is 2. The van der Waals surface area contributed by atoms with Crippen LogP contribution in [0, 0.1) is 35.3 Å². The molecule has 184 valence electrons. The van der Waals surface area contributed by atoms with Crippen LogP contribution >= 0.6 is 15.9 Å². The molecular weight excluding hydrogens is 526 g/mol. The van der Waals surface area contributed by atoms with Crippen LogP contribution in [0.3, 0.4) is 0 Å². The summed E-state index contributed by atoms with van der Waals surface area (Å²) in [6.45, 7) is 6.22. The molecule has 1 amide bonds. The predicted octanol–water partition coefficient (Wildman–Crippen LogP) is 6.50. The lowest BCUT2D eigenvalue weighted by molar-refractivity contribution is -0.384. The van der Waals surface area contributed by atoms with Crippen molar-refractivity contribution in [2.75, 3.05) is 11.9 Å². The summed E-state index contributed by atoms with van der Waals surface area (Å²) in [4.78, 5) is 23.2. The molecule has 1 N–H and O–H groups in total. The Morgan fingerprint density at radius 2 is 1.83 bits per heavy atom. The number of hydrogen-bond acceptors (Lipinski definition) is 6. The van der Waals surface area contributed by atoms with Crippen LogP contribution in [-0.2, 0) is 11.4 Å². The highest BCUT2D eigenvalue weighted by molar-refractivity contribution is 9.10. The van der Waals surface area contributed by atoms with Gasteiger partial charge in [0.05, 0.1) is 11.5 Å². The molecule has 0 unspecified atom stereocenters. The van der Waals surface area contributed by atoms with E-state index in [2.05, 4.69) is 21.2 Å². The maximum Gasteiger partial charge on any atom is 0.269 e. The number of aryl methyl sites for hydroxylation is 1. The number of nitro benzene ring substituents is 1. The number of nitriles is 1. The van der Waals surface area contributed by atoms with Crippen LogP contribution in [0.2, 0.25) is 0 Å². The Balaban J connectivity index is 1.84. The molecule has 0 heterocycles. The van der Waals surface area contributed by atoms with E-state index in [1.807, 2.05) is 39.0 Å². The van der Waals surface area contributed by atoms with Gasteiger partial charge < -0.3 is 14.8 Å². The van der Waals surface area contributed by atoms with E-state index >= 15 is 0 Å². The summed E-state index contributed by atoms with van der Waals surface area (Å²) in [5.41, 5.74) is 3.85. The Hall–Kier alpha value is -4.16. The van der Waals surface area contributed by atoms with Crippen LogP contribution < -0.4 is 14.8 Å². The summed E-state index contributed by atoms with van der Waals surface area (Å²) in [5.74, 6) is 0.355. The van der Waals surface area contributed by atoms with Crippen LogP contribution in [0.1, 0.15) is 29.2 Å². The van der Waals surface area contributed by atoms with Crippen molar-refractivity contribution >= 4 is 39.3 Å². The molecule has 3 rings (SSSR count). The van der Waals surface area contributed by atoms with E-state index in [1.165, 1.54) is 18.2 Å². The first-order valence-electron chi connectivity index (χ1n) is 11.0. The van der Waals surface area contributed by atoms with Crippen LogP contribution in [0.5, 0.6) is 11.5 Å². The highest BCUT2D eigenvalue weighted by atomic mass is 79.9. The van der Waals surface area contributed by atoms with Gasteiger partial charge in [-0.2, -0.15) is 5.26 Å².